The van der Waals surface area contributed by atoms with Crippen LogP contribution in [-0.4, -0.2) is 35.9 Å². The lowest BCUT2D eigenvalue weighted by Crippen LogP contribution is -1.95. The molecule has 0 saturated heterocycles. The van der Waals surface area contributed by atoms with Crippen LogP contribution in [0.4, 0.5) is 11.4 Å². The van der Waals surface area contributed by atoms with Crippen LogP contribution in [0.2, 0.25) is 0 Å². The Kier molecular flexibility index (Phi) is 8.35. The highest BCUT2D eigenvalue weighted by molar-refractivity contribution is 8.03. The Bertz CT molecular complexity index is 692. The summed E-state index contributed by atoms with van der Waals surface area (Å²) in [5.41, 5.74) is 1.33. The van der Waals surface area contributed by atoms with E-state index in [1.165, 1.54) is 14.1 Å². The van der Waals surface area contributed by atoms with Crippen molar-refractivity contribution < 1.29 is 0 Å². The lowest BCUT2D eigenvalue weighted by Gasteiger charge is -2.15. The summed E-state index contributed by atoms with van der Waals surface area (Å²) >= 11 is 3.27. The molecule has 8 nitrogen and oxygen atoms in total. The van der Waals surface area contributed by atoms with Gasteiger partial charge in [-0.1, -0.05) is 34.7 Å². The molecule has 0 heterocycles. The first kappa shape index (κ1) is 20.2. The first-order chi connectivity index (χ1) is 12.6. The van der Waals surface area contributed by atoms with Gasteiger partial charge in [0.15, 0.2) is 0 Å². The van der Waals surface area contributed by atoms with Gasteiger partial charge in [-0.2, -0.15) is 0 Å². The minimum absolute atomic E-state index is 0.419. The van der Waals surface area contributed by atoms with E-state index in [0.29, 0.717) is 21.7 Å². The van der Waals surface area contributed by atoms with Crippen LogP contribution in [0.1, 0.15) is 0 Å². The summed E-state index contributed by atoms with van der Waals surface area (Å²) in [4.78, 5) is 1.92. The van der Waals surface area contributed by atoms with Gasteiger partial charge in [-0.25, -0.2) is 0 Å². The molecule has 0 bridgehead atoms. The Labute approximate surface area is 160 Å². The van der Waals surface area contributed by atoms with Gasteiger partial charge in [0.1, 0.15) is 11.4 Å². The third kappa shape index (κ3) is 7.00. The fourth-order valence-corrected chi connectivity index (χ4v) is 3.82. The van der Waals surface area contributed by atoms with Gasteiger partial charge in [-0.05, 0) is 24.3 Å². The molecule has 0 aliphatic rings. The van der Waals surface area contributed by atoms with E-state index in [2.05, 4.69) is 20.7 Å². The molecule has 26 heavy (non-hydrogen) atoms. The third-order valence-corrected chi connectivity index (χ3v) is 5.27. The van der Waals surface area contributed by atoms with Gasteiger partial charge in [-0.15, -0.1) is 33.8 Å². The molecule has 2 rings (SSSR count). The summed E-state index contributed by atoms with van der Waals surface area (Å²) in [6, 6.07) is 15.1. The average Bonchev–Trinajstić information content (AvgIpc) is 2.63. The highest BCUT2D eigenvalue weighted by Crippen LogP contribution is 2.33. The maximum Gasteiger partial charge on any atom is 0.101 e. The van der Waals surface area contributed by atoms with Crippen molar-refractivity contribution in [3.8, 4) is 0 Å². The number of rotatable bonds is 9. The Morgan fingerprint density at radius 2 is 1.12 bits per heavy atom. The molecule has 2 aromatic rings. The van der Waals surface area contributed by atoms with Crippen molar-refractivity contribution in [2.75, 3.05) is 25.6 Å². The normalized spacial score (nSPS) is 11.4. The van der Waals surface area contributed by atoms with Crippen LogP contribution < -0.4 is 0 Å². The standard InChI is InChI=1S/C16H18N6O2S2/c1-21(23)19-17-13-7-3-5-9-15(13)25-11-12-26-16-10-6-4-8-14(16)18-20-22(2)24/h3-10H,11-12H2,1-2H3/q-2. The van der Waals surface area contributed by atoms with Gasteiger partial charge in [-0.3, -0.25) is 0 Å². The molecule has 138 valence electrons. The van der Waals surface area contributed by atoms with E-state index in [1.54, 1.807) is 23.5 Å². The first-order valence-corrected chi connectivity index (χ1v) is 9.62. The second-order valence-corrected chi connectivity index (χ2v) is 7.21. The molecule has 0 radical (unpaired) electrons. The number of benzene rings is 2. The Balaban J connectivity index is 1.92. The molecule has 0 N–H and O–H groups in total. The quantitative estimate of drug-likeness (QED) is 0.245. The Morgan fingerprint density at radius 3 is 1.50 bits per heavy atom. The fraction of sp³-hybridized carbons (Fsp3) is 0.250. The molecule has 0 atom stereocenters. The van der Waals surface area contributed by atoms with Gasteiger partial charge in [0.2, 0.25) is 0 Å². The van der Waals surface area contributed by atoms with Crippen LogP contribution >= 0.6 is 23.5 Å². The minimum atomic E-state index is 0.419. The van der Waals surface area contributed by atoms with Gasteiger partial charge in [0.05, 0.1) is 0 Å². The van der Waals surface area contributed by atoms with Gasteiger partial charge in [0.25, 0.3) is 0 Å². The second kappa shape index (κ2) is 10.8. The second-order valence-electron chi connectivity index (χ2n) is 4.94. The van der Waals surface area contributed by atoms with Crippen LogP contribution in [0.15, 0.2) is 79.0 Å². The average molecular weight is 390 g/mol. The molecule has 0 fully saturated rings. The maximum absolute atomic E-state index is 10.9. The molecule has 2 aromatic carbocycles. The highest BCUT2D eigenvalue weighted by Gasteiger charge is 2.04. The predicted molar refractivity (Wildman–Crippen MR) is 106 cm³/mol. The van der Waals surface area contributed by atoms with Crippen LogP contribution in [0.25, 0.3) is 0 Å². The summed E-state index contributed by atoms with van der Waals surface area (Å²) < 4.78 is 0. The SMILES string of the molecule is CN([O-])N=Nc1ccccc1SCCSc1ccccc1N=NN(C)[O-]. The zero-order chi connectivity index (χ0) is 18.8. The number of hydrogen-bond donors (Lipinski definition) is 0. The maximum atomic E-state index is 10.9. The molecule has 10 heteroatoms. The largest absolute Gasteiger partial charge is 0.741 e. The van der Waals surface area contributed by atoms with E-state index in [0.717, 1.165) is 21.3 Å². The van der Waals surface area contributed by atoms with Crippen molar-refractivity contribution in [2.24, 2.45) is 20.7 Å². The van der Waals surface area contributed by atoms with E-state index >= 15 is 0 Å². The van der Waals surface area contributed by atoms with Crippen molar-refractivity contribution in [3.05, 3.63) is 58.9 Å². The summed E-state index contributed by atoms with van der Waals surface area (Å²) in [5.74, 6) is 1.66. The smallest absolute Gasteiger partial charge is 0.101 e. The lowest BCUT2D eigenvalue weighted by molar-refractivity contribution is 0.459. The van der Waals surface area contributed by atoms with Crippen molar-refractivity contribution in [1.29, 1.82) is 0 Å². The number of nitrogens with zero attached hydrogens (tertiary/aromatic N) is 6. The number of hydroxylamine groups is 2. The molecule has 0 amide bonds. The van der Waals surface area contributed by atoms with E-state index < -0.39 is 0 Å². The summed E-state index contributed by atoms with van der Waals surface area (Å²) in [6.07, 6.45) is 0. The number of hydrogen-bond acceptors (Lipinski definition) is 8. The summed E-state index contributed by atoms with van der Waals surface area (Å²) in [6.45, 7) is 0. The number of thioether (sulfide) groups is 2. The summed E-state index contributed by atoms with van der Waals surface area (Å²) in [5, 5.41) is 37.5. The predicted octanol–water partition coefficient (Wildman–Crippen LogP) is 5.43. The molecular weight excluding hydrogens is 372 g/mol. The minimum Gasteiger partial charge on any atom is -0.741 e. The molecule has 0 saturated carbocycles. The van der Waals surface area contributed by atoms with Crippen molar-refractivity contribution >= 4 is 34.9 Å². The molecule has 0 aromatic heterocycles. The van der Waals surface area contributed by atoms with Crippen molar-refractivity contribution in [2.45, 2.75) is 9.79 Å². The molecule has 0 spiro atoms. The zero-order valence-corrected chi connectivity index (χ0v) is 16.0. The van der Waals surface area contributed by atoms with Gasteiger partial charge >= 0.3 is 0 Å². The lowest BCUT2D eigenvalue weighted by atomic mass is 10.3. The van der Waals surface area contributed by atoms with Crippen LogP contribution in [0.5, 0.6) is 0 Å². The van der Waals surface area contributed by atoms with E-state index in [1.807, 2.05) is 48.5 Å². The van der Waals surface area contributed by atoms with Crippen molar-refractivity contribution in [3.63, 3.8) is 0 Å². The fourth-order valence-electron chi connectivity index (χ4n) is 1.85. The summed E-state index contributed by atoms with van der Waals surface area (Å²) in [7, 11) is 2.57. The first-order valence-electron chi connectivity index (χ1n) is 7.65. The van der Waals surface area contributed by atoms with Crippen LogP contribution in [0.3, 0.4) is 0 Å². The topological polar surface area (TPSA) is 102 Å². The van der Waals surface area contributed by atoms with Gasteiger partial charge < -0.3 is 20.8 Å². The monoisotopic (exact) mass is 390 g/mol. The highest BCUT2D eigenvalue weighted by atomic mass is 32.2. The molecular formula is C16H18N6O2S2-2. The van der Waals surface area contributed by atoms with E-state index in [4.69, 9.17) is 0 Å². The van der Waals surface area contributed by atoms with Crippen molar-refractivity contribution in [1.82, 2.24) is 10.3 Å². The van der Waals surface area contributed by atoms with E-state index in [9.17, 15) is 10.4 Å². The molecule has 0 aliphatic heterocycles. The van der Waals surface area contributed by atoms with Crippen LogP contribution in [0, 0.1) is 10.4 Å². The van der Waals surface area contributed by atoms with E-state index in [-0.39, 0.29) is 0 Å². The molecule has 0 unspecified atom stereocenters. The Morgan fingerprint density at radius 1 is 0.731 bits per heavy atom. The van der Waals surface area contributed by atoms with Gasteiger partial charge in [0, 0.05) is 35.4 Å². The Hall–Kier alpha value is -2.14. The molecule has 0 aliphatic carbocycles. The zero-order valence-electron chi connectivity index (χ0n) is 14.3. The third-order valence-electron chi connectivity index (χ3n) is 2.89. The van der Waals surface area contributed by atoms with Crippen LogP contribution in [-0.2, 0) is 0 Å².